The van der Waals surface area contributed by atoms with Gasteiger partial charge in [0.1, 0.15) is 10.6 Å². The molecule has 1 aromatic heterocycles. The molecule has 0 saturated carbocycles. The number of amides is 1. The van der Waals surface area contributed by atoms with Crippen LogP contribution in [0.2, 0.25) is 0 Å². The highest BCUT2D eigenvalue weighted by Gasteiger charge is 2.36. The Balaban J connectivity index is 1.64. The van der Waals surface area contributed by atoms with Crippen molar-refractivity contribution < 1.29 is 22.5 Å². The zero-order valence-electron chi connectivity index (χ0n) is 17.6. The van der Waals surface area contributed by atoms with Crippen LogP contribution in [-0.2, 0) is 19.6 Å². The molecule has 0 aliphatic carbocycles. The molecule has 9 nitrogen and oxygen atoms in total. The van der Waals surface area contributed by atoms with E-state index >= 15 is 0 Å². The zero-order valence-corrected chi connectivity index (χ0v) is 18.4. The third-order valence-electron chi connectivity index (χ3n) is 5.75. The molecule has 0 radical (unpaired) electrons. The molecule has 1 amide bonds. The van der Waals surface area contributed by atoms with E-state index in [4.69, 9.17) is 9.26 Å². The summed E-state index contributed by atoms with van der Waals surface area (Å²) in [6.45, 7) is 10.5. The van der Waals surface area contributed by atoms with Gasteiger partial charge in [0.2, 0.25) is 15.9 Å². The molecule has 164 valence electrons. The van der Waals surface area contributed by atoms with Gasteiger partial charge in [0, 0.05) is 52.2 Å². The first kappa shape index (κ1) is 22.2. The molecule has 2 fully saturated rings. The molecule has 3 rings (SSSR count). The maximum Gasteiger partial charge on any atom is 0.248 e. The molecule has 2 aliphatic heterocycles. The second-order valence-electron chi connectivity index (χ2n) is 7.83. The normalized spacial score (nSPS) is 22.0. The summed E-state index contributed by atoms with van der Waals surface area (Å²) in [4.78, 5) is 16.7. The lowest BCUT2D eigenvalue weighted by Gasteiger charge is -2.38. The molecule has 0 spiro atoms. The summed E-state index contributed by atoms with van der Waals surface area (Å²) in [6, 6.07) is -0.110. The van der Waals surface area contributed by atoms with E-state index in [1.165, 1.54) is 4.31 Å². The summed E-state index contributed by atoms with van der Waals surface area (Å²) in [5, 5.41) is 3.79. The minimum atomic E-state index is -3.69. The number of aromatic nitrogens is 1. The number of carbonyl (C=O) groups excluding carboxylic acids is 1. The Hall–Kier alpha value is -1.49. The van der Waals surface area contributed by atoms with Gasteiger partial charge in [0.25, 0.3) is 0 Å². The minimum Gasteiger partial charge on any atom is -0.379 e. The van der Waals surface area contributed by atoms with Gasteiger partial charge in [-0.05, 0) is 33.1 Å². The fraction of sp³-hybridized carbons (Fsp3) is 0.789. The zero-order chi connectivity index (χ0) is 21.0. The van der Waals surface area contributed by atoms with E-state index in [2.05, 4.69) is 10.1 Å². The van der Waals surface area contributed by atoms with E-state index in [9.17, 15) is 13.2 Å². The monoisotopic (exact) mass is 428 g/mol. The van der Waals surface area contributed by atoms with Crippen LogP contribution in [0.4, 0.5) is 0 Å². The second kappa shape index (κ2) is 9.55. The van der Waals surface area contributed by atoms with E-state index < -0.39 is 10.0 Å². The maximum atomic E-state index is 13.2. The lowest BCUT2D eigenvalue weighted by Crippen LogP contribution is -2.51. The number of hydrogen-bond donors (Lipinski definition) is 0. The Morgan fingerprint density at radius 1 is 1.24 bits per heavy atom. The lowest BCUT2D eigenvalue weighted by atomic mass is 10.1. The van der Waals surface area contributed by atoms with Crippen LogP contribution in [0.3, 0.4) is 0 Å². The third kappa shape index (κ3) is 5.17. The van der Waals surface area contributed by atoms with Crippen LogP contribution in [0, 0.1) is 13.8 Å². The first-order valence-corrected chi connectivity index (χ1v) is 11.7. The van der Waals surface area contributed by atoms with Crippen molar-refractivity contribution in [1.29, 1.82) is 0 Å². The second-order valence-corrected chi connectivity index (χ2v) is 9.71. The van der Waals surface area contributed by atoms with Gasteiger partial charge >= 0.3 is 0 Å². The number of carbonyl (C=O) groups is 1. The quantitative estimate of drug-likeness (QED) is 0.640. The Bertz CT molecular complexity index is 784. The summed E-state index contributed by atoms with van der Waals surface area (Å²) in [7, 11) is -3.69. The van der Waals surface area contributed by atoms with Crippen molar-refractivity contribution in [1.82, 2.24) is 19.3 Å². The van der Waals surface area contributed by atoms with Crippen LogP contribution in [0.1, 0.15) is 37.6 Å². The van der Waals surface area contributed by atoms with Crippen molar-refractivity contribution in [2.24, 2.45) is 0 Å². The van der Waals surface area contributed by atoms with Gasteiger partial charge in [-0.3, -0.25) is 9.69 Å². The van der Waals surface area contributed by atoms with Crippen LogP contribution < -0.4 is 0 Å². The summed E-state index contributed by atoms with van der Waals surface area (Å²) in [5.41, 5.74) is 0.374. The van der Waals surface area contributed by atoms with E-state index in [0.29, 0.717) is 31.1 Å². The van der Waals surface area contributed by atoms with Gasteiger partial charge in [0.15, 0.2) is 5.76 Å². The Labute approximate surface area is 173 Å². The molecule has 1 atom stereocenters. The molecule has 0 N–H and O–H groups in total. The summed E-state index contributed by atoms with van der Waals surface area (Å²) in [5.74, 6) is 0.298. The average molecular weight is 429 g/mol. The number of aryl methyl sites for hydroxylation is 2. The highest BCUT2D eigenvalue weighted by Crippen LogP contribution is 2.27. The first-order chi connectivity index (χ1) is 13.8. The van der Waals surface area contributed by atoms with Gasteiger partial charge < -0.3 is 14.2 Å². The molecule has 1 unspecified atom stereocenters. The number of rotatable bonds is 7. The smallest absolute Gasteiger partial charge is 0.248 e. The summed E-state index contributed by atoms with van der Waals surface area (Å²) < 4.78 is 38.2. The van der Waals surface area contributed by atoms with Crippen molar-refractivity contribution in [3.05, 3.63) is 11.5 Å². The molecule has 0 bridgehead atoms. The van der Waals surface area contributed by atoms with Gasteiger partial charge in [-0.2, -0.15) is 4.31 Å². The number of piperidine rings is 1. The lowest BCUT2D eigenvalue weighted by molar-refractivity contribution is -0.132. The van der Waals surface area contributed by atoms with Crippen molar-refractivity contribution >= 4 is 15.9 Å². The Kier molecular flexibility index (Phi) is 7.31. The maximum absolute atomic E-state index is 13.2. The highest BCUT2D eigenvalue weighted by molar-refractivity contribution is 7.89. The topological polar surface area (TPSA) is 96.2 Å². The molecule has 2 aliphatic rings. The van der Waals surface area contributed by atoms with Gasteiger partial charge in [-0.1, -0.05) is 5.16 Å². The average Bonchev–Trinajstić information content (AvgIpc) is 3.05. The van der Waals surface area contributed by atoms with Crippen molar-refractivity contribution in [3.8, 4) is 0 Å². The fourth-order valence-corrected chi connectivity index (χ4v) is 6.06. The van der Waals surface area contributed by atoms with E-state index in [0.717, 1.165) is 52.1 Å². The first-order valence-electron chi connectivity index (χ1n) is 10.3. The molecular formula is C19H32N4O5S. The molecular weight excluding hydrogens is 396 g/mol. The van der Waals surface area contributed by atoms with E-state index in [1.54, 1.807) is 20.8 Å². The fourth-order valence-electron chi connectivity index (χ4n) is 4.25. The Morgan fingerprint density at radius 2 is 1.97 bits per heavy atom. The molecule has 0 aromatic carbocycles. The van der Waals surface area contributed by atoms with Gasteiger partial charge in [-0.15, -0.1) is 0 Å². The van der Waals surface area contributed by atoms with E-state index in [1.807, 2.05) is 4.90 Å². The molecule has 3 heterocycles. The molecule has 10 heteroatoms. The van der Waals surface area contributed by atoms with Crippen LogP contribution in [0.5, 0.6) is 0 Å². The predicted molar refractivity (Wildman–Crippen MR) is 107 cm³/mol. The standard InChI is InChI=1S/C19H32N4O5S/c1-15-19(16(2)28-20-15)29(25,26)22-8-4-6-18(14-22)23(17(3)24)9-5-7-21-10-12-27-13-11-21/h18H,4-14H2,1-3H3. The number of ether oxygens (including phenoxy) is 1. The SMILES string of the molecule is CC(=O)N(CCCN1CCOCC1)C1CCCN(S(=O)(=O)c2c(C)noc2C)C1. The van der Waals surface area contributed by atoms with Crippen molar-refractivity contribution in [3.63, 3.8) is 0 Å². The van der Waals surface area contributed by atoms with Crippen LogP contribution in [0.15, 0.2) is 9.42 Å². The van der Waals surface area contributed by atoms with Gasteiger partial charge in [-0.25, -0.2) is 8.42 Å². The van der Waals surface area contributed by atoms with Gasteiger partial charge in [0.05, 0.1) is 13.2 Å². The van der Waals surface area contributed by atoms with Crippen LogP contribution >= 0.6 is 0 Å². The number of nitrogens with zero attached hydrogens (tertiary/aromatic N) is 4. The Morgan fingerprint density at radius 3 is 2.59 bits per heavy atom. The van der Waals surface area contributed by atoms with Crippen molar-refractivity contribution in [2.75, 3.05) is 52.5 Å². The van der Waals surface area contributed by atoms with Crippen LogP contribution in [-0.4, -0.2) is 92.1 Å². The predicted octanol–water partition coefficient (Wildman–Crippen LogP) is 1.02. The molecule has 1 aromatic rings. The minimum absolute atomic E-state index is 0.00596. The third-order valence-corrected chi connectivity index (χ3v) is 7.86. The molecule has 2 saturated heterocycles. The van der Waals surface area contributed by atoms with Crippen molar-refractivity contribution in [2.45, 2.75) is 51.0 Å². The van der Waals surface area contributed by atoms with Crippen LogP contribution in [0.25, 0.3) is 0 Å². The highest BCUT2D eigenvalue weighted by atomic mass is 32.2. The van der Waals surface area contributed by atoms with E-state index in [-0.39, 0.29) is 16.8 Å². The number of morpholine rings is 1. The summed E-state index contributed by atoms with van der Waals surface area (Å²) >= 11 is 0. The largest absolute Gasteiger partial charge is 0.379 e. The summed E-state index contributed by atoms with van der Waals surface area (Å²) in [6.07, 6.45) is 2.40. The number of sulfonamides is 1. The number of hydrogen-bond acceptors (Lipinski definition) is 7. The molecule has 29 heavy (non-hydrogen) atoms.